The third kappa shape index (κ3) is 5.38. The molecule has 0 saturated heterocycles. The van der Waals surface area contributed by atoms with Crippen LogP contribution in [0, 0.1) is 0 Å². The Morgan fingerprint density at radius 1 is 0.684 bits per heavy atom. The Balaban J connectivity index is 0.000000155. The minimum Gasteiger partial charge on any atom is -0.497 e. The molecule has 0 saturated carbocycles. The summed E-state index contributed by atoms with van der Waals surface area (Å²) in [5.74, 6) is 1.51. The zero-order chi connectivity index (χ0) is 26.5. The van der Waals surface area contributed by atoms with E-state index in [2.05, 4.69) is 9.97 Å². The maximum atomic E-state index is 12.1. The molecule has 0 atom stereocenters. The molecule has 0 unspecified atom stereocenters. The summed E-state index contributed by atoms with van der Waals surface area (Å²) in [6.45, 7) is 0. The van der Waals surface area contributed by atoms with E-state index in [0.717, 1.165) is 50.4 Å². The lowest BCUT2D eigenvalue weighted by atomic mass is 10.1. The first-order chi connectivity index (χ1) is 18.6. The number of halogens is 1. The first-order valence-electron chi connectivity index (χ1n) is 12.0. The SMILES string of the molecule is COc1ccc2c(=O)cc(-c3ccccc3)[nH]c2c1.COc1ccc2c(Cl)cc(-c3ccccc3)nc2c1. The van der Waals surface area contributed by atoms with Crippen LogP contribution in [0.25, 0.3) is 44.3 Å². The lowest BCUT2D eigenvalue weighted by molar-refractivity contribution is 0.415. The topological polar surface area (TPSA) is 64.2 Å². The zero-order valence-electron chi connectivity index (χ0n) is 20.9. The van der Waals surface area contributed by atoms with E-state index in [4.69, 9.17) is 21.1 Å². The molecule has 6 aromatic rings. The van der Waals surface area contributed by atoms with Crippen LogP contribution in [0.5, 0.6) is 11.5 Å². The standard InChI is InChI=1S/C16H12ClNO.C16H13NO2/c1-19-12-7-8-13-14(17)10-15(18-16(13)9-12)11-5-3-2-4-6-11;1-19-12-7-8-13-15(9-12)17-14(10-16(13)18)11-5-3-2-4-6-11/h2-10H,1H3;2-10H,1H3,(H,17,18). The number of aromatic amines is 1. The van der Waals surface area contributed by atoms with Gasteiger partial charge in [-0.2, -0.15) is 0 Å². The molecule has 38 heavy (non-hydrogen) atoms. The predicted molar refractivity (Wildman–Crippen MR) is 155 cm³/mol. The highest BCUT2D eigenvalue weighted by molar-refractivity contribution is 6.35. The number of H-pyrrole nitrogens is 1. The zero-order valence-corrected chi connectivity index (χ0v) is 21.7. The molecule has 4 aromatic carbocycles. The normalized spacial score (nSPS) is 10.6. The van der Waals surface area contributed by atoms with Crippen molar-refractivity contribution in [3.8, 4) is 34.0 Å². The first kappa shape index (κ1) is 25.1. The number of hydrogen-bond donors (Lipinski definition) is 1. The Morgan fingerprint density at radius 2 is 1.29 bits per heavy atom. The molecule has 0 fully saturated rings. The van der Waals surface area contributed by atoms with Gasteiger partial charge in [0.05, 0.1) is 36.0 Å². The van der Waals surface area contributed by atoms with Gasteiger partial charge in [0.2, 0.25) is 0 Å². The van der Waals surface area contributed by atoms with E-state index < -0.39 is 0 Å². The Morgan fingerprint density at radius 3 is 1.95 bits per heavy atom. The molecular formula is C32H25ClN2O3. The van der Waals surface area contributed by atoms with E-state index in [1.807, 2.05) is 91.0 Å². The summed E-state index contributed by atoms with van der Waals surface area (Å²) in [5.41, 5.74) is 5.35. The molecule has 0 amide bonds. The smallest absolute Gasteiger partial charge is 0.190 e. The summed E-state index contributed by atoms with van der Waals surface area (Å²) in [6, 6.07) is 34.4. The molecule has 6 heteroatoms. The third-order valence-electron chi connectivity index (χ3n) is 6.16. The number of hydrogen-bond acceptors (Lipinski definition) is 4. The lowest BCUT2D eigenvalue weighted by Gasteiger charge is -2.07. The second-order valence-corrected chi connectivity index (χ2v) is 8.97. The monoisotopic (exact) mass is 520 g/mol. The molecule has 0 aliphatic heterocycles. The Kier molecular flexibility index (Phi) is 7.38. The van der Waals surface area contributed by atoms with Gasteiger partial charge in [-0.3, -0.25) is 4.79 Å². The molecule has 0 aliphatic rings. The van der Waals surface area contributed by atoms with Crippen LogP contribution in [0.2, 0.25) is 5.02 Å². The van der Waals surface area contributed by atoms with Crippen molar-refractivity contribution in [3.05, 3.63) is 124 Å². The fourth-order valence-corrected chi connectivity index (χ4v) is 4.44. The molecule has 6 rings (SSSR count). The molecule has 2 heterocycles. The predicted octanol–water partition coefficient (Wildman–Crippen LogP) is 7.77. The molecular weight excluding hydrogens is 496 g/mol. The van der Waals surface area contributed by atoms with E-state index in [9.17, 15) is 4.79 Å². The number of rotatable bonds is 4. The summed E-state index contributed by atoms with van der Waals surface area (Å²) in [4.78, 5) is 20.0. The van der Waals surface area contributed by atoms with E-state index in [1.54, 1.807) is 32.4 Å². The van der Waals surface area contributed by atoms with Crippen LogP contribution in [-0.4, -0.2) is 24.2 Å². The highest BCUT2D eigenvalue weighted by Crippen LogP contribution is 2.30. The quantitative estimate of drug-likeness (QED) is 0.258. The maximum absolute atomic E-state index is 12.1. The summed E-state index contributed by atoms with van der Waals surface area (Å²) >= 11 is 6.33. The van der Waals surface area contributed by atoms with Crippen LogP contribution in [0.1, 0.15) is 0 Å². The fourth-order valence-electron chi connectivity index (χ4n) is 4.18. The summed E-state index contributed by atoms with van der Waals surface area (Å²) in [5, 5.41) is 2.30. The molecule has 2 aromatic heterocycles. The van der Waals surface area contributed by atoms with E-state index >= 15 is 0 Å². The van der Waals surface area contributed by atoms with E-state index in [1.165, 1.54) is 0 Å². The van der Waals surface area contributed by atoms with Gasteiger partial charge in [0.15, 0.2) is 5.43 Å². The van der Waals surface area contributed by atoms with Gasteiger partial charge in [-0.05, 0) is 35.9 Å². The molecule has 1 N–H and O–H groups in total. The van der Waals surface area contributed by atoms with Crippen molar-refractivity contribution in [1.29, 1.82) is 0 Å². The molecule has 0 radical (unpaired) electrons. The maximum Gasteiger partial charge on any atom is 0.190 e. The van der Waals surface area contributed by atoms with Crippen molar-refractivity contribution >= 4 is 33.4 Å². The van der Waals surface area contributed by atoms with Gasteiger partial charge in [0, 0.05) is 40.2 Å². The Bertz CT molecular complexity index is 1770. The van der Waals surface area contributed by atoms with Gasteiger partial charge < -0.3 is 14.5 Å². The van der Waals surface area contributed by atoms with E-state index in [0.29, 0.717) is 10.4 Å². The number of methoxy groups -OCH3 is 2. The van der Waals surface area contributed by atoms with Crippen LogP contribution < -0.4 is 14.9 Å². The summed E-state index contributed by atoms with van der Waals surface area (Å²) < 4.78 is 10.4. The van der Waals surface area contributed by atoms with Gasteiger partial charge >= 0.3 is 0 Å². The first-order valence-corrected chi connectivity index (χ1v) is 12.4. The minimum atomic E-state index is 0.00950. The molecule has 0 aliphatic carbocycles. The van der Waals surface area contributed by atoms with Crippen molar-refractivity contribution in [2.24, 2.45) is 0 Å². The second-order valence-electron chi connectivity index (χ2n) is 8.56. The average Bonchev–Trinajstić information content (AvgIpc) is 2.97. The van der Waals surface area contributed by atoms with Gasteiger partial charge in [-0.25, -0.2) is 4.98 Å². The number of fused-ring (bicyclic) bond motifs is 2. The summed E-state index contributed by atoms with van der Waals surface area (Å²) in [6.07, 6.45) is 0. The van der Waals surface area contributed by atoms with E-state index in [-0.39, 0.29) is 5.43 Å². The van der Waals surface area contributed by atoms with Crippen LogP contribution >= 0.6 is 11.6 Å². The fraction of sp³-hybridized carbons (Fsp3) is 0.0625. The highest BCUT2D eigenvalue weighted by Gasteiger charge is 2.07. The number of pyridine rings is 2. The molecule has 0 spiro atoms. The van der Waals surface area contributed by atoms with Gasteiger partial charge in [-0.1, -0.05) is 72.3 Å². The average molecular weight is 521 g/mol. The molecule has 5 nitrogen and oxygen atoms in total. The van der Waals surface area contributed by atoms with Crippen LogP contribution in [0.3, 0.4) is 0 Å². The lowest BCUT2D eigenvalue weighted by Crippen LogP contribution is -2.03. The minimum absolute atomic E-state index is 0.00950. The van der Waals surface area contributed by atoms with Crippen molar-refractivity contribution in [2.45, 2.75) is 0 Å². The molecule has 188 valence electrons. The number of benzene rings is 4. The van der Waals surface area contributed by atoms with Crippen molar-refractivity contribution in [1.82, 2.24) is 9.97 Å². The Labute approximate surface area is 225 Å². The van der Waals surface area contributed by atoms with Gasteiger partial charge in [0.1, 0.15) is 11.5 Å². The number of nitrogens with zero attached hydrogens (tertiary/aromatic N) is 1. The number of nitrogens with one attached hydrogen (secondary N) is 1. The highest BCUT2D eigenvalue weighted by atomic mass is 35.5. The van der Waals surface area contributed by atoms with Crippen LogP contribution in [0.4, 0.5) is 0 Å². The third-order valence-corrected chi connectivity index (χ3v) is 6.47. The summed E-state index contributed by atoms with van der Waals surface area (Å²) in [7, 11) is 3.25. The number of ether oxygens (including phenoxy) is 2. The second kappa shape index (κ2) is 11.2. The van der Waals surface area contributed by atoms with Crippen molar-refractivity contribution in [2.75, 3.05) is 14.2 Å². The van der Waals surface area contributed by atoms with Crippen LogP contribution in [0.15, 0.2) is 114 Å². The molecule has 0 bridgehead atoms. The van der Waals surface area contributed by atoms with Crippen molar-refractivity contribution in [3.63, 3.8) is 0 Å². The van der Waals surface area contributed by atoms with Gasteiger partial charge in [0.25, 0.3) is 0 Å². The van der Waals surface area contributed by atoms with Crippen molar-refractivity contribution < 1.29 is 9.47 Å². The number of aromatic nitrogens is 2. The Hall–Kier alpha value is -4.61. The van der Waals surface area contributed by atoms with Gasteiger partial charge in [-0.15, -0.1) is 0 Å². The van der Waals surface area contributed by atoms with Crippen LogP contribution in [-0.2, 0) is 0 Å². The largest absolute Gasteiger partial charge is 0.497 e.